The van der Waals surface area contributed by atoms with E-state index in [-0.39, 0.29) is 5.91 Å². The number of rotatable bonds is 6. The third kappa shape index (κ3) is 4.04. The average Bonchev–Trinajstić information content (AvgIpc) is 2.80. The third-order valence-electron chi connectivity index (χ3n) is 2.87. The Labute approximate surface area is 118 Å². The van der Waals surface area contributed by atoms with E-state index in [4.69, 9.17) is 0 Å². The van der Waals surface area contributed by atoms with E-state index in [1.807, 2.05) is 6.07 Å². The van der Waals surface area contributed by atoms with Crippen molar-refractivity contribution in [1.29, 1.82) is 0 Å². The number of hydrogen-bond acceptors (Lipinski definition) is 3. The Hall–Kier alpha value is -1.39. The quantitative estimate of drug-likeness (QED) is 0.852. The molecule has 0 fully saturated rings. The van der Waals surface area contributed by atoms with Crippen molar-refractivity contribution < 1.29 is 4.79 Å². The molecule has 0 radical (unpaired) electrons. The van der Waals surface area contributed by atoms with Crippen LogP contribution in [-0.4, -0.2) is 19.0 Å². The highest BCUT2D eigenvalue weighted by molar-refractivity contribution is 7.17. The molecule has 0 aliphatic rings. The maximum Gasteiger partial charge on any atom is 0.233 e. The molecule has 0 aliphatic carbocycles. The predicted molar refractivity (Wildman–Crippen MR) is 81.4 cm³/mol. The van der Waals surface area contributed by atoms with Gasteiger partial charge in [0.25, 0.3) is 0 Å². The molecular weight excluding hydrogens is 256 g/mol. The van der Waals surface area contributed by atoms with Gasteiger partial charge >= 0.3 is 0 Å². The molecule has 19 heavy (non-hydrogen) atoms. The van der Waals surface area contributed by atoms with Crippen LogP contribution in [0, 0.1) is 5.92 Å². The molecule has 0 aliphatic heterocycles. The number of nitrogens with one attached hydrogen (secondary N) is 2. The van der Waals surface area contributed by atoms with Gasteiger partial charge < -0.3 is 10.6 Å². The number of thiophene rings is 1. The summed E-state index contributed by atoms with van der Waals surface area (Å²) in [5.41, 5.74) is 1.26. The van der Waals surface area contributed by atoms with Gasteiger partial charge in [0.05, 0.1) is 6.54 Å². The Morgan fingerprint density at radius 2 is 2.11 bits per heavy atom. The maximum absolute atomic E-state index is 11.6. The molecule has 3 nitrogen and oxygen atoms in total. The monoisotopic (exact) mass is 276 g/mol. The summed E-state index contributed by atoms with van der Waals surface area (Å²) in [6.07, 6.45) is 0. The van der Waals surface area contributed by atoms with Gasteiger partial charge in [-0.3, -0.25) is 4.79 Å². The molecule has 0 atom stereocenters. The van der Waals surface area contributed by atoms with Gasteiger partial charge in [0, 0.05) is 17.8 Å². The van der Waals surface area contributed by atoms with Crippen LogP contribution in [0.1, 0.15) is 19.4 Å². The van der Waals surface area contributed by atoms with E-state index in [0.29, 0.717) is 12.5 Å². The van der Waals surface area contributed by atoms with E-state index in [1.165, 1.54) is 15.6 Å². The van der Waals surface area contributed by atoms with Crippen molar-refractivity contribution >= 4 is 27.3 Å². The molecule has 1 aromatic heterocycles. The van der Waals surface area contributed by atoms with Crippen LogP contribution in [0.15, 0.2) is 29.6 Å². The molecule has 2 rings (SSSR count). The number of benzene rings is 1. The molecule has 1 amide bonds. The number of amides is 1. The molecule has 0 bridgehead atoms. The maximum atomic E-state index is 11.6. The van der Waals surface area contributed by atoms with Crippen LogP contribution in [0.5, 0.6) is 0 Å². The van der Waals surface area contributed by atoms with Gasteiger partial charge in [-0.05, 0) is 28.3 Å². The summed E-state index contributed by atoms with van der Waals surface area (Å²) in [6, 6.07) is 8.35. The van der Waals surface area contributed by atoms with E-state index in [9.17, 15) is 4.79 Å². The molecule has 1 heterocycles. The van der Waals surface area contributed by atoms with Crippen molar-refractivity contribution in [2.45, 2.75) is 20.4 Å². The molecule has 0 saturated carbocycles. The van der Waals surface area contributed by atoms with Gasteiger partial charge in [-0.1, -0.05) is 32.0 Å². The topological polar surface area (TPSA) is 41.1 Å². The molecule has 0 unspecified atom stereocenters. The van der Waals surface area contributed by atoms with Gasteiger partial charge in [0.1, 0.15) is 0 Å². The lowest BCUT2D eigenvalue weighted by atomic mass is 10.2. The number of fused-ring (bicyclic) bond motifs is 1. The highest BCUT2D eigenvalue weighted by Crippen LogP contribution is 2.25. The minimum absolute atomic E-state index is 0.0632. The van der Waals surface area contributed by atoms with Crippen LogP contribution < -0.4 is 10.6 Å². The minimum Gasteiger partial charge on any atom is -0.355 e. The molecule has 2 aromatic rings. The fourth-order valence-electron chi connectivity index (χ4n) is 1.86. The molecule has 0 saturated heterocycles. The summed E-state index contributed by atoms with van der Waals surface area (Å²) in [5.74, 6) is 0.554. The van der Waals surface area contributed by atoms with Gasteiger partial charge in [-0.2, -0.15) is 0 Å². The standard InChI is InChI=1S/C15H20N2OS/c1-11(2)7-17-15(18)9-16-8-12-10-19-14-6-4-3-5-13(12)14/h3-6,10-11,16H,7-9H2,1-2H3,(H,17,18). The lowest BCUT2D eigenvalue weighted by molar-refractivity contribution is -0.120. The molecule has 2 N–H and O–H groups in total. The molecule has 102 valence electrons. The second kappa shape index (κ2) is 6.68. The largest absolute Gasteiger partial charge is 0.355 e. The summed E-state index contributed by atoms with van der Waals surface area (Å²) < 4.78 is 1.29. The zero-order chi connectivity index (χ0) is 13.7. The Morgan fingerprint density at radius 3 is 2.89 bits per heavy atom. The summed E-state index contributed by atoms with van der Waals surface area (Å²) in [4.78, 5) is 11.6. The first-order valence-electron chi connectivity index (χ1n) is 6.59. The van der Waals surface area contributed by atoms with Crippen LogP contribution in [0.2, 0.25) is 0 Å². The summed E-state index contributed by atoms with van der Waals surface area (Å²) >= 11 is 1.75. The first-order valence-corrected chi connectivity index (χ1v) is 7.47. The van der Waals surface area contributed by atoms with Crippen LogP contribution in [0.25, 0.3) is 10.1 Å². The van der Waals surface area contributed by atoms with E-state index in [2.05, 4.69) is 48.1 Å². The molecule has 4 heteroatoms. The first kappa shape index (κ1) is 14.0. The van der Waals surface area contributed by atoms with Crippen LogP contribution >= 0.6 is 11.3 Å². The average molecular weight is 276 g/mol. The van der Waals surface area contributed by atoms with Crippen molar-refractivity contribution in [2.24, 2.45) is 5.92 Å². The summed E-state index contributed by atoms with van der Waals surface area (Å²) in [5, 5.41) is 9.54. The van der Waals surface area contributed by atoms with Gasteiger partial charge in [-0.15, -0.1) is 11.3 Å². The highest BCUT2D eigenvalue weighted by atomic mass is 32.1. The Bertz CT molecular complexity index is 548. The Morgan fingerprint density at radius 1 is 1.32 bits per heavy atom. The Balaban J connectivity index is 1.81. The van der Waals surface area contributed by atoms with Gasteiger partial charge in [-0.25, -0.2) is 0 Å². The molecule has 1 aromatic carbocycles. The minimum atomic E-state index is 0.0632. The van der Waals surface area contributed by atoms with E-state index >= 15 is 0 Å². The van der Waals surface area contributed by atoms with Crippen molar-refractivity contribution in [3.05, 3.63) is 35.2 Å². The SMILES string of the molecule is CC(C)CNC(=O)CNCc1csc2ccccc12. The fourth-order valence-corrected chi connectivity index (χ4v) is 2.82. The lowest BCUT2D eigenvalue weighted by Gasteiger charge is -2.08. The normalized spacial score (nSPS) is 11.1. The summed E-state index contributed by atoms with van der Waals surface area (Å²) in [7, 11) is 0. The Kier molecular flexibility index (Phi) is 4.93. The van der Waals surface area contributed by atoms with Crippen LogP contribution in [-0.2, 0) is 11.3 Å². The van der Waals surface area contributed by atoms with E-state index in [1.54, 1.807) is 11.3 Å². The fraction of sp³-hybridized carbons (Fsp3) is 0.400. The number of carbonyl (C=O) groups is 1. The van der Waals surface area contributed by atoms with Crippen molar-refractivity contribution in [3.8, 4) is 0 Å². The molecular formula is C15H20N2OS. The van der Waals surface area contributed by atoms with Gasteiger partial charge in [0.2, 0.25) is 5.91 Å². The first-order chi connectivity index (χ1) is 9.16. The van der Waals surface area contributed by atoms with Gasteiger partial charge in [0.15, 0.2) is 0 Å². The van der Waals surface area contributed by atoms with E-state index < -0.39 is 0 Å². The van der Waals surface area contributed by atoms with Crippen LogP contribution in [0.3, 0.4) is 0 Å². The summed E-state index contributed by atoms with van der Waals surface area (Å²) in [6.45, 7) is 6.02. The number of carbonyl (C=O) groups excluding carboxylic acids is 1. The zero-order valence-electron chi connectivity index (χ0n) is 11.4. The molecule has 0 spiro atoms. The van der Waals surface area contributed by atoms with Crippen molar-refractivity contribution in [1.82, 2.24) is 10.6 Å². The second-order valence-electron chi connectivity index (χ2n) is 5.06. The smallest absolute Gasteiger partial charge is 0.233 e. The highest BCUT2D eigenvalue weighted by Gasteiger charge is 2.05. The predicted octanol–water partition coefficient (Wildman–Crippen LogP) is 2.76. The van der Waals surface area contributed by atoms with Crippen molar-refractivity contribution in [2.75, 3.05) is 13.1 Å². The lowest BCUT2D eigenvalue weighted by Crippen LogP contribution is -2.35. The van der Waals surface area contributed by atoms with Crippen molar-refractivity contribution in [3.63, 3.8) is 0 Å². The van der Waals surface area contributed by atoms with E-state index in [0.717, 1.165) is 13.1 Å². The zero-order valence-corrected chi connectivity index (χ0v) is 12.2. The number of hydrogen-bond donors (Lipinski definition) is 2. The second-order valence-corrected chi connectivity index (χ2v) is 5.97. The van der Waals surface area contributed by atoms with Crippen LogP contribution in [0.4, 0.5) is 0 Å². The third-order valence-corrected chi connectivity index (χ3v) is 3.88.